The number of aromatic nitrogens is 1. The van der Waals surface area contributed by atoms with Crippen LogP contribution in [0, 0.1) is 17.7 Å². The number of thiazole rings is 1. The fourth-order valence-electron chi connectivity index (χ4n) is 3.68. The molecule has 1 heterocycles. The van der Waals surface area contributed by atoms with Crippen LogP contribution >= 0.6 is 11.3 Å². The zero-order valence-corrected chi connectivity index (χ0v) is 15.1. The molecule has 136 valence electrons. The first kappa shape index (κ1) is 17.0. The van der Waals surface area contributed by atoms with Crippen molar-refractivity contribution in [3.05, 3.63) is 47.1 Å². The zero-order valence-electron chi connectivity index (χ0n) is 14.3. The molecule has 1 fully saturated rings. The molecule has 0 saturated heterocycles. The predicted molar refractivity (Wildman–Crippen MR) is 100.0 cm³/mol. The molecule has 26 heavy (non-hydrogen) atoms. The highest BCUT2D eigenvalue weighted by Gasteiger charge is 2.36. The van der Waals surface area contributed by atoms with Gasteiger partial charge in [-0.05, 0) is 55.9 Å². The predicted octanol–water partition coefficient (Wildman–Crippen LogP) is 4.11. The van der Waals surface area contributed by atoms with Crippen LogP contribution in [0.5, 0.6) is 5.88 Å². The van der Waals surface area contributed by atoms with Crippen LogP contribution in [-0.4, -0.2) is 22.0 Å². The van der Waals surface area contributed by atoms with Crippen molar-refractivity contribution in [2.45, 2.75) is 31.7 Å². The molecule has 5 nitrogen and oxygen atoms in total. The van der Waals surface area contributed by atoms with Gasteiger partial charge in [0.15, 0.2) is 5.13 Å². The molecule has 0 radical (unpaired) electrons. The summed E-state index contributed by atoms with van der Waals surface area (Å²) in [5.74, 6) is -0.141. The number of nitrogens with one attached hydrogen (secondary N) is 2. The average molecular weight is 373 g/mol. The van der Waals surface area contributed by atoms with Gasteiger partial charge in [-0.3, -0.25) is 4.79 Å². The molecule has 0 spiro atoms. The number of hydrogen-bond donors (Lipinski definition) is 3. The summed E-state index contributed by atoms with van der Waals surface area (Å²) >= 11 is 1.31. The van der Waals surface area contributed by atoms with E-state index in [1.165, 1.54) is 42.0 Å². The number of aromatic hydroxyl groups is 1. The maximum atomic E-state index is 13.0. The van der Waals surface area contributed by atoms with E-state index in [0.717, 1.165) is 6.42 Å². The molecule has 2 bridgehead atoms. The SMILES string of the molecule is CC(C(=O)Nc1ccc(F)cc1)c1sc(NC2CC3C=CC2C3)nc1O. The molecule has 2 aromatic rings. The third kappa shape index (κ3) is 3.31. The van der Waals surface area contributed by atoms with Gasteiger partial charge in [-0.25, -0.2) is 4.39 Å². The van der Waals surface area contributed by atoms with Crippen molar-refractivity contribution in [3.8, 4) is 5.88 Å². The molecule has 1 amide bonds. The Morgan fingerprint density at radius 2 is 2.08 bits per heavy atom. The number of anilines is 2. The van der Waals surface area contributed by atoms with E-state index in [1.54, 1.807) is 6.92 Å². The van der Waals surface area contributed by atoms with E-state index in [4.69, 9.17) is 0 Å². The van der Waals surface area contributed by atoms with E-state index in [9.17, 15) is 14.3 Å². The van der Waals surface area contributed by atoms with Crippen LogP contribution in [0.2, 0.25) is 0 Å². The van der Waals surface area contributed by atoms with Crippen molar-refractivity contribution in [1.82, 2.24) is 4.98 Å². The number of allylic oxidation sites excluding steroid dienone is 1. The van der Waals surface area contributed by atoms with Crippen LogP contribution < -0.4 is 10.6 Å². The van der Waals surface area contributed by atoms with Crippen molar-refractivity contribution >= 4 is 28.1 Å². The fourth-order valence-corrected chi connectivity index (χ4v) is 4.65. The molecule has 4 atom stereocenters. The molecule has 7 heteroatoms. The minimum Gasteiger partial charge on any atom is -0.492 e. The number of rotatable bonds is 5. The number of carbonyl (C=O) groups is 1. The Morgan fingerprint density at radius 1 is 1.31 bits per heavy atom. The molecule has 1 saturated carbocycles. The average Bonchev–Trinajstić information content (AvgIpc) is 3.32. The van der Waals surface area contributed by atoms with Crippen molar-refractivity contribution in [2.75, 3.05) is 10.6 Å². The second-order valence-electron chi connectivity index (χ2n) is 6.96. The van der Waals surface area contributed by atoms with Crippen molar-refractivity contribution < 1.29 is 14.3 Å². The van der Waals surface area contributed by atoms with Gasteiger partial charge in [0.1, 0.15) is 5.82 Å². The van der Waals surface area contributed by atoms with Gasteiger partial charge in [0.2, 0.25) is 11.8 Å². The number of halogens is 1. The highest BCUT2D eigenvalue weighted by molar-refractivity contribution is 7.16. The lowest BCUT2D eigenvalue weighted by atomic mass is 10.0. The molecule has 3 N–H and O–H groups in total. The number of amides is 1. The number of carbonyl (C=O) groups excluding carboxylic acids is 1. The quantitative estimate of drug-likeness (QED) is 0.690. The first-order valence-electron chi connectivity index (χ1n) is 8.70. The van der Waals surface area contributed by atoms with E-state index < -0.39 is 5.92 Å². The van der Waals surface area contributed by atoms with Gasteiger partial charge in [0.05, 0.1) is 10.8 Å². The van der Waals surface area contributed by atoms with Gasteiger partial charge >= 0.3 is 0 Å². The molecule has 0 aliphatic heterocycles. The largest absolute Gasteiger partial charge is 0.492 e. The summed E-state index contributed by atoms with van der Waals surface area (Å²) in [5.41, 5.74) is 0.513. The van der Waals surface area contributed by atoms with Crippen LogP contribution in [0.3, 0.4) is 0 Å². The van der Waals surface area contributed by atoms with Crippen LogP contribution in [0.25, 0.3) is 0 Å². The van der Waals surface area contributed by atoms with E-state index in [-0.39, 0.29) is 17.6 Å². The lowest BCUT2D eigenvalue weighted by Crippen LogP contribution is -2.23. The molecule has 1 aromatic heterocycles. The maximum absolute atomic E-state index is 13.0. The fraction of sp³-hybridized carbons (Fsp3) is 0.368. The lowest BCUT2D eigenvalue weighted by Gasteiger charge is -2.18. The van der Waals surface area contributed by atoms with Crippen molar-refractivity contribution in [2.24, 2.45) is 11.8 Å². The summed E-state index contributed by atoms with van der Waals surface area (Å²) in [6.07, 6.45) is 6.78. The normalized spacial score (nSPS) is 24.6. The highest BCUT2D eigenvalue weighted by atomic mass is 32.1. The van der Waals surface area contributed by atoms with Crippen LogP contribution in [-0.2, 0) is 4.79 Å². The number of nitrogens with zero attached hydrogens (tertiary/aromatic N) is 1. The molecule has 4 unspecified atom stereocenters. The van der Waals surface area contributed by atoms with E-state index in [0.29, 0.717) is 33.6 Å². The Hall–Kier alpha value is -2.41. The number of hydrogen-bond acceptors (Lipinski definition) is 5. The van der Waals surface area contributed by atoms with Gasteiger partial charge in [-0.15, -0.1) is 0 Å². The summed E-state index contributed by atoms with van der Waals surface area (Å²) in [6.45, 7) is 1.72. The molecule has 1 aromatic carbocycles. The zero-order chi connectivity index (χ0) is 18.3. The van der Waals surface area contributed by atoms with Gasteiger partial charge < -0.3 is 15.7 Å². The smallest absolute Gasteiger partial charge is 0.232 e. The topological polar surface area (TPSA) is 74.2 Å². The second-order valence-corrected chi connectivity index (χ2v) is 7.99. The van der Waals surface area contributed by atoms with Crippen molar-refractivity contribution in [1.29, 1.82) is 0 Å². The molecule has 4 rings (SSSR count). The Morgan fingerprint density at radius 3 is 2.73 bits per heavy atom. The maximum Gasteiger partial charge on any atom is 0.232 e. The third-order valence-corrected chi connectivity index (χ3v) is 6.28. The minimum atomic E-state index is -0.562. The molecular formula is C19H20FN3O2S. The molecule has 2 aliphatic carbocycles. The lowest BCUT2D eigenvalue weighted by molar-refractivity contribution is -0.117. The summed E-state index contributed by atoms with van der Waals surface area (Å²) < 4.78 is 13.0. The summed E-state index contributed by atoms with van der Waals surface area (Å²) in [7, 11) is 0. The van der Waals surface area contributed by atoms with E-state index >= 15 is 0 Å². The number of benzene rings is 1. The second kappa shape index (κ2) is 6.72. The Kier molecular flexibility index (Phi) is 4.40. The van der Waals surface area contributed by atoms with E-state index in [2.05, 4.69) is 27.8 Å². The van der Waals surface area contributed by atoms with Gasteiger partial charge in [-0.2, -0.15) is 4.98 Å². The summed E-state index contributed by atoms with van der Waals surface area (Å²) in [4.78, 5) is 17.1. The first-order chi connectivity index (χ1) is 12.5. The van der Waals surface area contributed by atoms with E-state index in [1.807, 2.05) is 0 Å². The molecular weight excluding hydrogens is 353 g/mol. The standard InChI is InChI=1S/C19H20FN3O2S/c1-10(17(24)21-14-6-4-13(20)5-7-14)16-18(25)23-19(26-16)22-15-9-11-2-3-12(15)8-11/h2-7,10-12,15,25H,8-9H2,1H3,(H,21,24)(H,22,23). The first-order valence-corrected chi connectivity index (χ1v) is 9.52. The Bertz CT molecular complexity index is 849. The monoisotopic (exact) mass is 373 g/mol. The highest BCUT2D eigenvalue weighted by Crippen LogP contribution is 2.42. The van der Waals surface area contributed by atoms with Gasteiger partial charge in [0.25, 0.3) is 0 Å². The van der Waals surface area contributed by atoms with Crippen molar-refractivity contribution in [3.63, 3.8) is 0 Å². The Balaban J connectivity index is 1.43. The number of fused-ring (bicyclic) bond motifs is 2. The minimum absolute atomic E-state index is 0.113. The summed E-state index contributed by atoms with van der Waals surface area (Å²) in [5, 5.41) is 17.0. The third-order valence-electron chi connectivity index (χ3n) is 5.12. The van der Waals surface area contributed by atoms with Crippen LogP contribution in [0.4, 0.5) is 15.2 Å². The van der Waals surface area contributed by atoms with Gasteiger partial charge in [0, 0.05) is 11.7 Å². The van der Waals surface area contributed by atoms with Crippen LogP contribution in [0.15, 0.2) is 36.4 Å². The van der Waals surface area contributed by atoms with Crippen LogP contribution in [0.1, 0.15) is 30.6 Å². The summed E-state index contributed by atoms with van der Waals surface area (Å²) in [6, 6.07) is 5.92. The Labute approximate surface area is 155 Å². The van der Waals surface area contributed by atoms with Gasteiger partial charge in [-0.1, -0.05) is 23.5 Å². The molecule has 2 aliphatic rings.